The van der Waals surface area contributed by atoms with E-state index in [-0.39, 0.29) is 25.0 Å². The van der Waals surface area contributed by atoms with Crippen molar-refractivity contribution in [2.75, 3.05) is 33.9 Å². The molecule has 2 amide bonds. The minimum atomic E-state index is -0.957. The molecule has 112 valence electrons. The zero-order chi connectivity index (χ0) is 14.8. The summed E-state index contributed by atoms with van der Waals surface area (Å²) in [6, 6.07) is -0.213. The fourth-order valence-corrected chi connectivity index (χ4v) is 1.52. The Hall–Kier alpha value is -1.34. The number of amides is 2. The molecule has 19 heavy (non-hydrogen) atoms. The standard InChI is InChI=1S/C12H24N2O5/c1-9(2)14(5-6-18-3)12(17)13-8-10(19-4)7-11(15)16/h9-10H,5-8H2,1-4H3,(H,13,17)(H,15,16). The van der Waals surface area contributed by atoms with Gasteiger partial charge in [-0.3, -0.25) is 4.79 Å². The molecule has 0 saturated carbocycles. The summed E-state index contributed by atoms with van der Waals surface area (Å²) in [6.07, 6.45) is -0.672. The Balaban J connectivity index is 4.26. The normalized spacial score (nSPS) is 12.3. The third-order valence-corrected chi connectivity index (χ3v) is 2.64. The molecular weight excluding hydrogens is 252 g/mol. The minimum absolute atomic E-state index is 0.0376. The second kappa shape index (κ2) is 9.57. The molecule has 0 aliphatic rings. The number of hydrogen-bond donors (Lipinski definition) is 2. The molecule has 0 heterocycles. The first kappa shape index (κ1) is 17.7. The Kier molecular flexibility index (Phi) is 8.90. The number of carbonyl (C=O) groups is 2. The van der Waals surface area contributed by atoms with Gasteiger partial charge in [-0.1, -0.05) is 0 Å². The van der Waals surface area contributed by atoms with Crippen LogP contribution >= 0.6 is 0 Å². The predicted octanol–water partition coefficient (Wildman–Crippen LogP) is 0.543. The van der Waals surface area contributed by atoms with E-state index in [9.17, 15) is 9.59 Å². The van der Waals surface area contributed by atoms with Crippen LogP contribution in [0.25, 0.3) is 0 Å². The Morgan fingerprint density at radius 2 is 1.95 bits per heavy atom. The number of aliphatic carboxylic acids is 1. The Bertz CT molecular complexity index is 283. The highest BCUT2D eigenvalue weighted by Gasteiger charge is 2.19. The zero-order valence-corrected chi connectivity index (χ0v) is 12.0. The van der Waals surface area contributed by atoms with E-state index in [0.717, 1.165) is 0 Å². The SMILES string of the molecule is COCCN(C(=O)NCC(CC(=O)O)OC)C(C)C. The van der Waals surface area contributed by atoms with Gasteiger partial charge in [0.15, 0.2) is 0 Å². The molecular formula is C12H24N2O5. The Morgan fingerprint density at radius 3 is 2.37 bits per heavy atom. The van der Waals surface area contributed by atoms with Gasteiger partial charge in [0.25, 0.3) is 0 Å². The number of methoxy groups -OCH3 is 2. The van der Waals surface area contributed by atoms with Crippen LogP contribution in [-0.2, 0) is 14.3 Å². The third kappa shape index (κ3) is 7.63. The van der Waals surface area contributed by atoms with Crippen molar-refractivity contribution in [2.24, 2.45) is 0 Å². The molecule has 1 atom stereocenters. The van der Waals surface area contributed by atoms with Crippen molar-refractivity contribution in [1.29, 1.82) is 0 Å². The van der Waals surface area contributed by atoms with Gasteiger partial charge < -0.3 is 24.8 Å². The van der Waals surface area contributed by atoms with Crippen LogP contribution in [0.3, 0.4) is 0 Å². The average molecular weight is 276 g/mol. The van der Waals surface area contributed by atoms with Gasteiger partial charge in [-0.2, -0.15) is 0 Å². The number of rotatable bonds is 9. The molecule has 7 heteroatoms. The molecule has 0 saturated heterocycles. The molecule has 0 aromatic heterocycles. The quantitative estimate of drug-likeness (QED) is 0.642. The molecule has 0 fully saturated rings. The summed E-state index contributed by atoms with van der Waals surface area (Å²) >= 11 is 0. The van der Waals surface area contributed by atoms with E-state index >= 15 is 0 Å². The van der Waals surface area contributed by atoms with Gasteiger partial charge in [0.2, 0.25) is 0 Å². The first-order chi connectivity index (χ1) is 8.92. The van der Waals surface area contributed by atoms with E-state index in [1.54, 1.807) is 12.0 Å². The van der Waals surface area contributed by atoms with Gasteiger partial charge in [0.1, 0.15) is 0 Å². The fraction of sp³-hybridized carbons (Fsp3) is 0.833. The molecule has 0 aromatic rings. The summed E-state index contributed by atoms with van der Waals surface area (Å²) in [5.74, 6) is -0.957. The van der Waals surface area contributed by atoms with Crippen molar-refractivity contribution in [1.82, 2.24) is 10.2 Å². The summed E-state index contributed by atoms with van der Waals surface area (Å²) in [5.41, 5.74) is 0. The maximum atomic E-state index is 12.0. The number of ether oxygens (including phenoxy) is 2. The molecule has 0 radical (unpaired) electrons. The number of hydrogen-bond acceptors (Lipinski definition) is 4. The Morgan fingerprint density at radius 1 is 1.32 bits per heavy atom. The van der Waals surface area contributed by atoms with Crippen LogP contribution in [0.2, 0.25) is 0 Å². The highest BCUT2D eigenvalue weighted by Crippen LogP contribution is 2.00. The summed E-state index contributed by atoms with van der Waals surface area (Å²) in [4.78, 5) is 24.2. The summed E-state index contributed by atoms with van der Waals surface area (Å²) in [5, 5.41) is 11.3. The van der Waals surface area contributed by atoms with Crippen molar-refractivity contribution >= 4 is 12.0 Å². The van der Waals surface area contributed by atoms with Crippen LogP contribution in [0.4, 0.5) is 4.79 Å². The first-order valence-corrected chi connectivity index (χ1v) is 6.20. The zero-order valence-electron chi connectivity index (χ0n) is 12.0. The molecule has 7 nitrogen and oxygen atoms in total. The highest BCUT2D eigenvalue weighted by atomic mass is 16.5. The number of urea groups is 1. The van der Waals surface area contributed by atoms with E-state index in [2.05, 4.69) is 5.32 Å². The van der Waals surface area contributed by atoms with Crippen LogP contribution in [0.1, 0.15) is 20.3 Å². The molecule has 0 spiro atoms. The van der Waals surface area contributed by atoms with Crippen molar-refractivity contribution in [3.8, 4) is 0 Å². The Labute approximate surface area is 113 Å². The lowest BCUT2D eigenvalue weighted by Crippen LogP contribution is -2.47. The molecule has 0 rings (SSSR count). The van der Waals surface area contributed by atoms with Gasteiger partial charge in [-0.15, -0.1) is 0 Å². The first-order valence-electron chi connectivity index (χ1n) is 6.20. The molecule has 0 aliphatic carbocycles. The van der Waals surface area contributed by atoms with Crippen molar-refractivity contribution < 1.29 is 24.2 Å². The third-order valence-electron chi connectivity index (χ3n) is 2.64. The van der Waals surface area contributed by atoms with Gasteiger partial charge >= 0.3 is 12.0 Å². The van der Waals surface area contributed by atoms with E-state index in [1.165, 1.54) is 7.11 Å². The van der Waals surface area contributed by atoms with Gasteiger partial charge in [0, 0.05) is 33.4 Å². The summed E-state index contributed by atoms with van der Waals surface area (Å²) in [6.45, 7) is 4.91. The van der Waals surface area contributed by atoms with Crippen LogP contribution in [0.5, 0.6) is 0 Å². The second-order valence-electron chi connectivity index (χ2n) is 4.42. The molecule has 0 aromatic carbocycles. The van der Waals surface area contributed by atoms with Crippen LogP contribution in [-0.4, -0.2) is 68.1 Å². The predicted molar refractivity (Wildman–Crippen MR) is 70.2 cm³/mol. The van der Waals surface area contributed by atoms with Gasteiger partial charge in [-0.05, 0) is 13.8 Å². The van der Waals surface area contributed by atoms with E-state index < -0.39 is 12.1 Å². The molecule has 1 unspecified atom stereocenters. The second-order valence-corrected chi connectivity index (χ2v) is 4.42. The molecule has 2 N–H and O–H groups in total. The lowest BCUT2D eigenvalue weighted by atomic mass is 10.2. The molecule has 0 aliphatic heterocycles. The average Bonchev–Trinajstić information content (AvgIpc) is 2.33. The van der Waals surface area contributed by atoms with E-state index in [0.29, 0.717) is 13.2 Å². The maximum Gasteiger partial charge on any atom is 0.317 e. The largest absolute Gasteiger partial charge is 0.481 e. The number of nitrogens with one attached hydrogen (secondary N) is 1. The maximum absolute atomic E-state index is 12.0. The van der Waals surface area contributed by atoms with Crippen molar-refractivity contribution in [2.45, 2.75) is 32.4 Å². The number of nitrogens with zero attached hydrogens (tertiary/aromatic N) is 1. The fourth-order valence-electron chi connectivity index (χ4n) is 1.52. The smallest absolute Gasteiger partial charge is 0.317 e. The topological polar surface area (TPSA) is 88.1 Å². The summed E-state index contributed by atoms with van der Waals surface area (Å²) < 4.78 is 9.94. The highest BCUT2D eigenvalue weighted by molar-refractivity contribution is 5.74. The van der Waals surface area contributed by atoms with Gasteiger partial charge in [0.05, 0.1) is 19.1 Å². The van der Waals surface area contributed by atoms with Crippen LogP contribution < -0.4 is 5.32 Å². The lowest BCUT2D eigenvalue weighted by molar-refractivity contribution is -0.139. The van der Waals surface area contributed by atoms with Crippen molar-refractivity contribution in [3.63, 3.8) is 0 Å². The summed E-state index contributed by atoms with van der Waals surface area (Å²) in [7, 11) is 3.00. The van der Waals surface area contributed by atoms with Crippen LogP contribution in [0.15, 0.2) is 0 Å². The van der Waals surface area contributed by atoms with Crippen molar-refractivity contribution in [3.05, 3.63) is 0 Å². The molecule has 0 bridgehead atoms. The lowest BCUT2D eigenvalue weighted by Gasteiger charge is -2.27. The van der Waals surface area contributed by atoms with Crippen LogP contribution in [0, 0.1) is 0 Å². The number of carboxylic acids is 1. The van der Waals surface area contributed by atoms with E-state index in [1.807, 2.05) is 13.8 Å². The number of carboxylic acid groups (broad SMARTS) is 1. The van der Waals surface area contributed by atoms with Gasteiger partial charge in [-0.25, -0.2) is 4.79 Å². The van der Waals surface area contributed by atoms with E-state index in [4.69, 9.17) is 14.6 Å². The minimum Gasteiger partial charge on any atom is -0.481 e. The number of carbonyl (C=O) groups excluding carboxylic acids is 1. The monoisotopic (exact) mass is 276 g/mol.